The summed E-state index contributed by atoms with van der Waals surface area (Å²) in [6, 6.07) is -0.163. The van der Waals surface area contributed by atoms with E-state index in [1.807, 2.05) is 9.80 Å². The zero-order chi connectivity index (χ0) is 23.7. The Hall–Kier alpha value is -1.63. The van der Waals surface area contributed by atoms with E-state index < -0.39 is 0 Å². The molecule has 1 N–H and O–H groups in total. The minimum Gasteiger partial charge on any atom is -0.343 e. The molecule has 3 fully saturated rings. The van der Waals surface area contributed by atoms with Crippen molar-refractivity contribution in [1.29, 1.82) is 0 Å². The van der Waals surface area contributed by atoms with Crippen LogP contribution in [0.2, 0.25) is 0 Å². The zero-order valence-corrected chi connectivity index (χ0v) is 21.1. The van der Waals surface area contributed by atoms with Crippen molar-refractivity contribution >= 4 is 17.7 Å². The first-order valence-corrected chi connectivity index (χ1v) is 12.7. The van der Waals surface area contributed by atoms with Crippen LogP contribution in [0, 0.1) is 17.8 Å². The van der Waals surface area contributed by atoms with E-state index in [-0.39, 0.29) is 30.3 Å². The molecule has 3 rings (SSSR count). The van der Waals surface area contributed by atoms with Crippen LogP contribution in [0.4, 0.5) is 0 Å². The van der Waals surface area contributed by atoms with Crippen molar-refractivity contribution in [2.45, 2.75) is 79.2 Å². The molecular formula is C25H46N4O3. The van der Waals surface area contributed by atoms with E-state index in [4.69, 9.17) is 0 Å². The molecule has 7 heteroatoms. The molecule has 1 atom stereocenters. The van der Waals surface area contributed by atoms with Gasteiger partial charge in [-0.2, -0.15) is 0 Å². The first-order chi connectivity index (χ1) is 15.2. The zero-order valence-electron chi connectivity index (χ0n) is 21.1. The van der Waals surface area contributed by atoms with Crippen molar-refractivity contribution < 1.29 is 14.4 Å². The van der Waals surface area contributed by atoms with Crippen molar-refractivity contribution in [3.8, 4) is 0 Å². The van der Waals surface area contributed by atoms with Crippen molar-refractivity contribution in [3.63, 3.8) is 0 Å². The molecule has 184 valence electrons. The summed E-state index contributed by atoms with van der Waals surface area (Å²) >= 11 is 0. The van der Waals surface area contributed by atoms with Gasteiger partial charge in [-0.05, 0) is 49.9 Å². The maximum Gasteiger partial charge on any atom is 0.242 e. The minimum atomic E-state index is -0.163. The lowest BCUT2D eigenvalue weighted by Gasteiger charge is -2.37. The number of piperidine rings is 1. The molecule has 3 heterocycles. The third-order valence-electron chi connectivity index (χ3n) is 6.30. The average Bonchev–Trinajstić information content (AvgIpc) is 3.26. The molecule has 0 unspecified atom stereocenters. The van der Waals surface area contributed by atoms with Gasteiger partial charge in [0.15, 0.2) is 0 Å². The summed E-state index contributed by atoms with van der Waals surface area (Å²) in [5.74, 6) is 2.04. The predicted octanol–water partition coefficient (Wildman–Crippen LogP) is 2.75. The summed E-state index contributed by atoms with van der Waals surface area (Å²) in [6.45, 7) is 15.5. The van der Waals surface area contributed by atoms with Crippen LogP contribution >= 0.6 is 0 Å². The van der Waals surface area contributed by atoms with Crippen LogP contribution in [0.3, 0.4) is 0 Å². The second kappa shape index (κ2) is 13.2. The summed E-state index contributed by atoms with van der Waals surface area (Å²) in [5.41, 5.74) is 0. The lowest BCUT2D eigenvalue weighted by molar-refractivity contribution is -0.144. The SMILES string of the molecule is CC(C)C.CC(C)C[C@@H]1NCCN(CC(=O)N2CCC(CC(=O)N3CCCC3)CC2)C1=O. The molecule has 32 heavy (non-hydrogen) atoms. The van der Waals surface area contributed by atoms with Crippen molar-refractivity contribution in [2.24, 2.45) is 17.8 Å². The lowest BCUT2D eigenvalue weighted by atomic mass is 9.93. The van der Waals surface area contributed by atoms with Gasteiger partial charge in [-0.1, -0.05) is 34.6 Å². The average molecular weight is 451 g/mol. The number of hydrogen-bond donors (Lipinski definition) is 1. The number of nitrogens with one attached hydrogen (secondary N) is 1. The number of rotatable bonds is 6. The van der Waals surface area contributed by atoms with Crippen molar-refractivity contribution in [1.82, 2.24) is 20.0 Å². The summed E-state index contributed by atoms with van der Waals surface area (Å²) in [4.78, 5) is 43.3. The highest BCUT2D eigenvalue weighted by molar-refractivity contribution is 5.88. The molecule has 0 bridgehead atoms. The normalized spacial score (nSPS) is 22.4. The maximum absolute atomic E-state index is 12.7. The van der Waals surface area contributed by atoms with Crippen LogP contribution in [0.25, 0.3) is 0 Å². The third-order valence-corrected chi connectivity index (χ3v) is 6.30. The van der Waals surface area contributed by atoms with Gasteiger partial charge < -0.3 is 20.0 Å². The van der Waals surface area contributed by atoms with E-state index in [2.05, 4.69) is 39.9 Å². The molecule has 3 aliphatic rings. The smallest absolute Gasteiger partial charge is 0.242 e. The van der Waals surface area contributed by atoms with Gasteiger partial charge in [-0.25, -0.2) is 0 Å². The molecule has 0 aliphatic carbocycles. The Bertz CT molecular complexity index is 606. The molecule has 0 aromatic rings. The molecule has 7 nitrogen and oxygen atoms in total. The topological polar surface area (TPSA) is 73.0 Å². The standard InChI is InChI=1S/C21H36N4O3.C4H10/c1-16(2)13-18-21(28)25(12-7-22-18)15-20(27)24-10-5-17(6-11-24)14-19(26)23-8-3-4-9-23;1-4(2)3/h16-18,22H,3-15H2,1-2H3;4H,1-3H3/t18-;/m0./s1. The van der Waals surface area contributed by atoms with E-state index >= 15 is 0 Å². The molecule has 3 saturated heterocycles. The highest BCUT2D eigenvalue weighted by Gasteiger charge is 2.32. The van der Waals surface area contributed by atoms with Gasteiger partial charge in [-0.15, -0.1) is 0 Å². The van der Waals surface area contributed by atoms with E-state index in [1.54, 1.807) is 4.90 Å². The second-order valence-corrected chi connectivity index (χ2v) is 10.7. The van der Waals surface area contributed by atoms with Crippen LogP contribution in [0.1, 0.15) is 73.1 Å². The van der Waals surface area contributed by atoms with Crippen LogP contribution in [-0.4, -0.2) is 84.3 Å². The molecule has 0 spiro atoms. The Kier molecular flexibility index (Phi) is 11.0. The number of likely N-dealkylation sites (tertiary alicyclic amines) is 2. The summed E-state index contributed by atoms with van der Waals surface area (Å²) in [6.07, 6.45) is 5.45. The fourth-order valence-corrected chi connectivity index (χ4v) is 4.60. The highest BCUT2D eigenvalue weighted by atomic mass is 16.2. The summed E-state index contributed by atoms with van der Waals surface area (Å²) in [5, 5.41) is 3.28. The van der Waals surface area contributed by atoms with E-state index in [0.717, 1.165) is 57.7 Å². The number of carbonyl (C=O) groups excluding carboxylic acids is 3. The fourth-order valence-electron chi connectivity index (χ4n) is 4.60. The maximum atomic E-state index is 12.7. The molecule has 3 aliphatic heterocycles. The van der Waals surface area contributed by atoms with E-state index in [9.17, 15) is 14.4 Å². The first kappa shape index (κ1) is 26.6. The lowest BCUT2D eigenvalue weighted by Crippen LogP contribution is -2.57. The Morgan fingerprint density at radius 1 is 0.906 bits per heavy atom. The van der Waals surface area contributed by atoms with Gasteiger partial charge in [0.1, 0.15) is 0 Å². The number of amides is 3. The Morgan fingerprint density at radius 2 is 1.47 bits per heavy atom. The summed E-state index contributed by atoms with van der Waals surface area (Å²) < 4.78 is 0. The number of hydrogen-bond acceptors (Lipinski definition) is 4. The van der Waals surface area contributed by atoms with Crippen LogP contribution in [0.5, 0.6) is 0 Å². The van der Waals surface area contributed by atoms with Crippen molar-refractivity contribution in [2.75, 3.05) is 45.8 Å². The van der Waals surface area contributed by atoms with Crippen LogP contribution in [-0.2, 0) is 14.4 Å². The Morgan fingerprint density at radius 3 is 2.03 bits per heavy atom. The monoisotopic (exact) mass is 450 g/mol. The number of nitrogens with zero attached hydrogens (tertiary/aromatic N) is 3. The van der Waals surface area contributed by atoms with Gasteiger partial charge in [-0.3, -0.25) is 14.4 Å². The van der Waals surface area contributed by atoms with E-state index in [1.165, 1.54) is 0 Å². The van der Waals surface area contributed by atoms with Crippen molar-refractivity contribution in [3.05, 3.63) is 0 Å². The molecule has 0 saturated carbocycles. The third kappa shape index (κ3) is 8.72. The largest absolute Gasteiger partial charge is 0.343 e. The van der Waals surface area contributed by atoms with Gasteiger partial charge in [0.05, 0.1) is 12.6 Å². The molecule has 0 aromatic carbocycles. The van der Waals surface area contributed by atoms with E-state index in [0.29, 0.717) is 37.9 Å². The molecule has 3 amide bonds. The van der Waals surface area contributed by atoms with Gasteiger partial charge in [0, 0.05) is 45.7 Å². The van der Waals surface area contributed by atoms with Gasteiger partial charge >= 0.3 is 0 Å². The highest BCUT2D eigenvalue weighted by Crippen LogP contribution is 2.23. The van der Waals surface area contributed by atoms with Gasteiger partial charge in [0.25, 0.3) is 0 Å². The minimum absolute atomic E-state index is 0.0443. The summed E-state index contributed by atoms with van der Waals surface area (Å²) in [7, 11) is 0. The molecule has 0 radical (unpaired) electrons. The number of carbonyl (C=O) groups is 3. The van der Waals surface area contributed by atoms with Gasteiger partial charge in [0.2, 0.25) is 17.7 Å². The molecule has 0 aromatic heterocycles. The second-order valence-electron chi connectivity index (χ2n) is 10.7. The Balaban J connectivity index is 0.000000837. The molecular weight excluding hydrogens is 404 g/mol. The quantitative estimate of drug-likeness (QED) is 0.675. The Labute approximate surface area is 195 Å². The van der Waals surface area contributed by atoms with Crippen LogP contribution < -0.4 is 5.32 Å². The predicted molar refractivity (Wildman–Crippen MR) is 128 cm³/mol. The fraction of sp³-hybridized carbons (Fsp3) is 0.880. The number of piperazine rings is 1. The van der Waals surface area contributed by atoms with Crippen LogP contribution in [0.15, 0.2) is 0 Å². The first-order valence-electron chi connectivity index (χ1n) is 12.7.